The lowest BCUT2D eigenvalue weighted by atomic mass is 9.92. The van der Waals surface area contributed by atoms with E-state index in [0.29, 0.717) is 25.4 Å². The highest BCUT2D eigenvalue weighted by atomic mass is 32.2. The Morgan fingerprint density at radius 3 is 2.65 bits per heavy atom. The van der Waals surface area contributed by atoms with Gasteiger partial charge in [0.05, 0.1) is 6.26 Å². The molecule has 1 saturated heterocycles. The van der Waals surface area contributed by atoms with Crippen LogP contribution in [0.3, 0.4) is 0 Å². The number of ketones is 1. The second-order valence-corrected chi connectivity index (χ2v) is 7.44. The van der Waals surface area contributed by atoms with Crippen LogP contribution in [0.1, 0.15) is 36.0 Å². The number of hydrogen-bond donors (Lipinski definition) is 0. The third kappa shape index (κ3) is 4.15. The van der Waals surface area contributed by atoms with Gasteiger partial charge in [0.2, 0.25) is 10.0 Å². The fourth-order valence-electron chi connectivity index (χ4n) is 2.67. The van der Waals surface area contributed by atoms with Gasteiger partial charge in [-0.1, -0.05) is 30.3 Å². The summed E-state index contributed by atoms with van der Waals surface area (Å²) in [5.41, 5.74) is 0.739. The molecule has 1 aromatic rings. The van der Waals surface area contributed by atoms with Crippen molar-refractivity contribution in [2.45, 2.75) is 25.7 Å². The Bertz CT molecular complexity index is 554. The molecule has 0 aliphatic carbocycles. The van der Waals surface area contributed by atoms with Crippen LogP contribution < -0.4 is 0 Å². The molecular weight excluding hydrogens is 274 g/mol. The summed E-state index contributed by atoms with van der Waals surface area (Å²) in [5, 5.41) is 0. The number of carbonyl (C=O) groups excluding carboxylic acids is 1. The fourth-order valence-corrected chi connectivity index (χ4v) is 3.61. The molecule has 1 aliphatic rings. The summed E-state index contributed by atoms with van der Waals surface area (Å²) in [5.74, 6) is 0.438. The lowest BCUT2D eigenvalue weighted by Crippen LogP contribution is -2.39. The van der Waals surface area contributed by atoms with E-state index in [1.807, 2.05) is 30.3 Å². The van der Waals surface area contributed by atoms with Crippen molar-refractivity contribution in [2.75, 3.05) is 19.3 Å². The van der Waals surface area contributed by atoms with Crippen LogP contribution in [0.5, 0.6) is 0 Å². The Balaban J connectivity index is 1.87. The highest BCUT2D eigenvalue weighted by Gasteiger charge is 2.26. The second-order valence-electron chi connectivity index (χ2n) is 5.46. The normalized spacial score (nSPS) is 20.8. The number of rotatable bonds is 5. The second kappa shape index (κ2) is 6.50. The van der Waals surface area contributed by atoms with Crippen molar-refractivity contribution in [3.8, 4) is 0 Å². The number of hydrogen-bond acceptors (Lipinski definition) is 3. The van der Waals surface area contributed by atoms with Crippen molar-refractivity contribution in [1.82, 2.24) is 4.31 Å². The number of nitrogens with zero attached hydrogens (tertiary/aromatic N) is 1. The molecule has 0 radical (unpaired) electrons. The Morgan fingerprint density at radius 2 is 2.00 bits per heavy atom. The Labute approximate surface area is 120 Å². The molecule has 0 aromatic heterocycles. The van der Waals surface area contributed by atoms with E-state index in [9.17, 15) is 13.2 Å². The van der Waals surface area contributed by atoms with Gasteiger partial charge in [0, 0.05) is 25.1 Å². The van der Waals surface area contributed by atoms with Crippen molar-refractivity contribution < 1.29 is 13.2 Å². The summed E-state index contributed by atoms with van der Waals surface area (Å²) in [6, 6.07) is 9.26. The van der Waals surface area contributed by atoms with E-state index in [2.05, 4.69) is 0 Å². The molecule has 0 saturated carbocycles. The van der Waals surface area contributed by atoms with Gasteiger partial charge in [-0.05, 0) is 25.2 Å². The lowest BCUT2D eigenvalue weighted by Gasteiger charge is -2.30. The number of carbonyl (C=O) groups is 1. The Morgan fingerprint density at radius 1 is 1.30 bits per heavy atom. The SMILES string of the molecule is CS(=O)(=O)N1CCCC(CCC(=O)c2ccccc2)C1. The van der Waals surface area contributed by atoms with Gasteiger partial charge in [-0.2, -0.15) is 0 Å². The monoisotopic (exact) mass is 295 g/mol. The molecule has 110 valence electrons. The molecule has 0 N–H and O–H groups in total. The van der Waals surface area contributed by atoms with Crippen LogP contribution in [-0.2, 0) is 10.0 Å². The summed E-state index contributed by atoms with van der Waals surface area (Å²) >= 11 is 0. The van der Waals surface area contributed by atoms with Crippen LogP contribution in [0.15, 0.2) is 30.3 Å². The van der Waals surface area contributed by atoms with Crippen molar-refractivity contribution >= 4 is 15.8 Å². The summed E-state index contributed by atoms with van der Waals surface area (Å²) in [6.07, 6.45) is 4.40. The summed E-state index contributed by atoms with van der Waals surface area (Å²) < 4.78 is 24.6. The van der Waals surface area contributed by atoms with Crippen LogP contribution in [0.2, 0.25) is 0 Å². The minimum atomic E-state index is -3.10. The number of piperidine rings is 1. The summed E-state index contributed by atoms with van der Waals surface area (Å²) in [6.45, 7) is 1.17. The molecule has 0 spiro atoms. The Hall–Kier alpha value is -1.20. The van der Waals surface area contributed by atoms with Crippen molar-refractivity contribution in [3.63, 3.8) is 0 Å². The average molecular weight is 295 g/mol. The first-order valence-corrected chi connectivity index (χ1v) is 8.85. The molecule has 2 rings (SSSR count). The third-order valence-corrected chi connectivity index (χ3v) is 5.10. The summed E-state index contributed by atoms with van der Waals surface area (Å²) in [7, 11) is -3.10. The fraction of sp³-hybridized carbons (Fsp3) is 0.533. The van der Waals surface area contributed by atoms with E-state index in [4.69, 9.17) is 0 Å². The molecule has 5 heteroatoms. The quantitative estimate of drug-likeness (QED) is 0.783. The molecular formula is C15H21NO3S. The molecule has 20 heavy (non-hydrogen) atoms. The van der Waals surface area contributed by atoms with E-state index in [-0.39, 0.29) is 5.78 Å². The molecule has 1 fully saturated rings. The van der Waals surface area contributed by atoms with E-state index in [0.717, 1.165) is 24.8 Å². The van der Waals surface area contributed by atoms with Gasteiger partial charge < -0.3 is 0 Å². The zero-order valence-corrected chi connectivity index (χ0v) is 12.6. The molecule has 1 heterocycles. The van der Waals surface area contributed by atoms with Crippen LogP contribution in [0.25, 0.3) is 0 Å². The maximum atomic E-state index is 12.0. The topological polar surface area (TPSA) is 54.5 Å². The number of benzene rings is 1. The van der Waals surface area contributed by atoms with Gasteiger partial charge in [-0.15, -0.1) is 0 Å². The van der Waals surface area contributed by atoms with Crippen molar-refractivity contribution in [2.24, 2.45) is 5.92 Å². The zero-order valence-electron chi connectivity index (χ0n) is 11.8. The van der Waals surface area contributed by atoms with Gasteiger partial charge >= 0.3 is 0 Å². The first-order valence-electron chi connectivity index (χ1n) is 7.00. The minimum absolute atomic E-state index is 0.141. The first kappa shape index (κ1) is 15.2. The van der Waals surface area contributed by atoms with Gasteiger partial charge in [-0.25, -0.2) is 12.7 Å². The van der Waals surface area contributed by atoms with Gasteiger partial charge in [0.1, 0.15) is 0 Å². The maximum absolute atomic E-state index is 12.0. The van der Waals surface area contributed by atoms with Crippen LogP contribution in [0.4, 0.5) is 0 Å². The van der Waals surface area contributed by atoms with E-state index >= 15 is 0 Å². The molecule has 1 atom stereocenters. The maximum Gasteiger partial charge on any atom is 0.211 e. The van der Waals surface area contributed by atoms with E-state index in [1.165, 1.54) is 10.6 Å². The van der Waals surface area contributed by atoms with Gasteiger partial charge in [0.25, 0.3) is 0 Å². The van der Waals surface area contributed by atoms with Crippen molar-refractivity contribution in [1.29, 1.82) is 0 Å². The zero-order chi connectivity index (χ0) is 14.6. The molecule has 1 aromatic carbocycles. The lowest BCUT2D eigenvalue weighted by molar-refractivity contribution is 0.0968. The first-order chi connectivity index (χ1) is 9.47. The van der Waals surface area contributed by atoms with Gasteiger partial charge in [0.15, 0.2) is 5.78 Å². The van der Waals surface area contributed by atoms with Crippen LogP contribution in [-0.4, -0.2) is 37.9 Å². The molecule has 1 unspecified atom stereocenters. The summed E-state index contributed by atoms with van der Waals surface area (Å²) in [4.78, 5) is 12.0. The predicted octanol–water partition coefficient (Wildman–Crippen LogP) is 2.32. The molecule has 4 nitrogen and oxygen atoms in total. The Kier molecular flexibility index (Phi) is 4.94. The van der Waals surface area contributed by atoms with Crippen LogP contribution >= 0.6 is 0 Å². The molecule has 0 amide bonds. The highest BCUT2D eigenvalue weighted by molar-refractivity contribution is 7.88. The minimum Gasteiger partial charge on any atom is -0.294 e. The predicted molar refractivity (Wildman–Crippen MR) is 79.1 cm³/mol. The van der Waals surface area contributed by atoms with Crippen LogP contribution in [0, 0.1) is 5.92 Å². The van der Waals surface area contributed by atoms with Gasteiger partial charge in [-0.3, -0.25) is 4.79 Å². The van der Waals surface area contributed by atoms with E-state index < -0.39 is 10.0 Å². The largest absolute Gasteiger partial charge is 0.294 e. The van der Waals surface area contributed by atoms with Crippen molar-refractivity contribution in [3.05, 3.63) is 35.9 Å². The molecule has 1 aliphatic heterocycles. The van der Waals surface area contributed by atoms with E-state index in [1.54, 1.807) is 0 Å². The molecule has 0 bridgehead atoms. The number of Topliss-reactive ketones (excluding diaryl/α,β-unsaturated/α-hetero) is 1. The third-order valence-electron chi connectivity index (χ3n) is 3.83. The standard InChI is InChI=1S/C15H21NO3S/c1-20(18,19)16-11-5-6-13(12-16)9-10-15(17)14-7-3-2-4-8-14/h2-4,7-8,13H,5-6,9-12H2,1H3. The average Bonchev–Trinajstić information content (AvgIpc) is 2.45. The highest BCUT2D eigenvalue weighted by Crippen LogP contribution is 2.23. The number of sulfonamides is 1. The smallest absolute Gasteiger partial charge is 0.211 e.